The second kappa shape index (κ2) is 2.95. The van der Waals surface area contributed by atoms with E-state index in [1.807, 2.05) is 18.2 Å². The van der Waals surface area contributed by atoms with Crippen LogP contribution >= 0.6 is 0 Å². The van der Waals surface area contributed by atoms with Gasteiger partial charge < -0.3 is 5.11 Å². The van der Waals surface area contributed by atoms with E-state index in [4.69, 9.17) is 5.21 Å². The molecule has 3 nitrogen and oxygen atoms in total. The van der Waals surface area contributed by atoms with Crippen molar-refractivity contribution in [2.24, 2.45) is 0 Å². The Morgan fingerprint density at radius 3 is 2.31 bits per heavy atom. The molecule has 0 saturated heterocycles. The maximum Gasteiger partial charge on any atom is 0.123 e. The number of benzene rings is 2. The van der Waals surface area contributed by atoms with Gasteiger partial charge in [0.1, 0.15) is 5.75 Å². The molecule has 0 atom stereocenters. The summed E-state index contributed by atoms with van der Waals surface area (Å²) in [7, 11) is 0. The first-order valence-electron chi connectivity index (χ1n) is 3.94. The van der Waals surface area contributed by atoms with Gasteiger partial charge >= 0.3 is 0 Å². The summed E-state index contributed by atoms with van der Waals surface area (Å²) in [4.78, 5) is 0. The van der Waals surface area contributed by atoms with Crippen molar-refractivity contribution >= 4 is 16.5 Å². The van der Waals surface area contributed by atoms with E-state index in [0.717, 1.165) is 10.8 Å². The second-order valence-corrected chi connectivity index (χ2v) is 2.79. The van der Waals surface area contributed by atoms with Gasteiger partial charge in [0.2, 0.25) is 0 Å². The molecule has 0 radical (unpaired) electrons. The van der Waals surface area contributed by atoms with Crippen molar-refractivity contribution in [2.45, 2.75) is 0 Å². The topological polar surface area (TPSA) is 52.5 Å². The molecular weight excluding hydrogens is 166 g/mol. The average molecular weight is 175 g/mol. The van der Waals surface area contributed by atoms with Crippen LogP contribution in [0.15, 0.2) is 36.4 Å². The molecule has 2 aromatic carbocycles. The lowest BCUT2D eigenvalue weighted by molar-refractivity contribution is 0.389. The number of hydrogen-bond acceptors (Lipinski definition) is 3. The molecule has 0 aliphatic carbocycles. The minimum atomic E-state index is 0.217. The fourth-order valence-electron chi connectivity index (χ4n) is 1.38. The van der Waals surface area contributed by atoms with Gasteiger partial charge in [-0.05, 0) is 12.1 Å². The van der Waals surface area contributed by atoms with Crippen molar-refractivity contribution in [3.8, 4) is 5.75 Å². The fourth-order valence-corrected chi connectivity index (χ4v) is 1.38. The Labute approximate surface area is 75.2 Å². The van der Waals surface area contributed by atoms with E-state index in [2.05, 4.69) is 5.48 Å². The number of fused-ring (bicyclic) bond motifs is 1. The molecule has 0 aliphatic rings. The Kier molecular flexibility index (Phi) is 1.79. The first-order valence-corrected chi connectivity index (χ1v) is 3.94. The highest BCUT2D eigenvalue weighted by Crippen LogP contribution is 2.29. The molecule has 0 spiro atoms. The van der Waals surface area contributed by atoms with Crippen LogP contribution in [-0.2, 0) is 0 Å². The highest BCUT2D eigenvalue weighted by atomic mass is 16.5. The van der Waals surface area contributed by atoms with Crippen LogP contribution in [0.5, 0.6) is 5.75 Å². The van der Waals surface area contributed by atoms with Crippen LogP contribution in [0.4, 0.5) is 5.69 Å². The standard InChI is InChI=1S/C10H9NO2/c12-10-6-5-9(11-13)7-3-1-2-4-8(7)10/h1-6,11-13H. The van der Waals surface area contributed by atoms with Crippen LogP contribution in [-0.4, -0.2) is 10.3 Å². The summed E-state index contributed by atoms with van der Waals surface area (Å²) >= 11 is 0. The normalized spacial score (nSPS) is 10.2. The van der Waals surface area contributed by atoms with Crippen molar-refractivity contribution < 1.29 is 10.3 Å². The van der Waals surface area contributed by atoms with Gasteiger partial charge in [-0.3, -0.25) is 10.7 Å². The third kappa shape index (κ3) is 1.19. The number of aromatic hydroxyl groups is 1. The molecule has 3 N–H and O–H groups in total. The van der Waals surface area contributed by atoms with Crippen LogP contribution in [0.2, 0.25) is 0 Å². The van der Waals surface area contributed by atoms with E-state index in [1.54, 1.807) is 18.2 Å². The van der Waals surface area contributed by atoms with Gasteiger partial charge in [0, 0.05) is 10.8 Å². The summed E-state index contributed by atoms with van der Waals surface area (Å²) in [5.41, 5.74) is 2.68. The maximum absolute atomic E-state index is 9.48. The molecule has 0 aliphatic heterocycles. The van der Waals surface area contributed by atoms with Gasteiger partial charge in [0.15, 0.2) is 0 Å². The second-order valence-electron chi connectivity index (χ2n) is 2.79. The van der Waals surface area contributed by atoms with Crippen LogP contribution in [0, 0.1) is 0 Å². The zero-order valence-corrected chi connectivity index (χ0v) is 6.86. The Morgan fingerprint density at radius 2 is 1.62 bits per heavy atom. The Bertz CT molecular complexity index is 440. The number of nitrogens with one attached hydrogen (secondary N) is 1. The summed E-state index contributed by atoms with van der Waals surface area (Å²) in [5.74, 6) is 0.217. The molecule has 0 fully saturated rings. The van der Waals surface area contributed by atoms with Crippen LogP contribution < -0.4 is 5.48 Å². The van der Waals surface area contributed by atoms with Crippen LogP contribution in [0.1, 0.15) is 0 Å². The van der Waals surface area contributed by atoms with Crippen molar-refractivity contribution in [1.82, 2.24) is 0 Å². The highest BCUT2D eigenvalue weighted by Gasteiger charge is 2.02. The smallest absolute Gasteiger partial charge is 0.123 e. The molecule has 0 unspecified atom stereocenters. The molecule has 66 valence electrons. The quantitative estimate of drug-likeness (QED) is 0.460. The molecule has 3 heteroatoms. The van der Waals surface area contributed by atoms with E-state index >= 15 is 0 Å². The molecular formula is C10H9NO2. The maximum atomic E-state index is 9.48. The van der Waals surface area contributed by atoms with Crippen molar-refractivity contribution in [2.75, 3.05) is 5.48 Å². The predicted octanol–water partition coefficient (Wildman–Crippen LogP) is 2.35. The van der Waals surface area contributed by atoms with Crippen LogP contribution in [0.3, 0.4) is 0 Å². The summed E-state index contributed by atoms with van der Waals surface area (Å²) in [6, 6.07) is 10.5. The molecule has 2 rings (SSSR count). The molecule has 2 aromatic rings. The molecule has 0 aromatic heterocycles. The molecule has 13 heavy (non-hydrogen) atoms. The summed E-state index contributed by atoms with van der Waals surface area (Å²) in [6.45, 7) is 0. The number of phenolic OH excluding ortho intramolecular Hbond substituents is 1. The number of anilines is 1. The molecule has 0 saturated carbocycles. The van der Waals surface area contributed by atoms with Crippen molar-refractivity contribution in [1.29, 1.82) is 0 Å². The number of rotatable bonds is 1. The molecule has 0 heterocycles. The summed E-state index contributed by atoms with van der Waals surface area (Å²) in [6.07, 6.45) is 0. The minimum Gasteiger partial charge on any atom is -0.507 e. The van der Waals surface area contributed by atoms with E-state index in [0.29, 0.717) is 5.69 Å². The van der Waals surface area contributed by atoms with E-state index < -0.39 is 0 Å². The van der Waals surface area contributed by atoms with Gasteiger partial charge in [-0.2, -0.15) is 0 Å². The number of phenols is 1. The Hall–Kier alpha value is -1.74. The largest absolute Gasteiger partial charge is 0.507 e. The fraction of sp³-hybridized carbons (Fsp3) is 0. The van der Waals surface area contributed by atoms with Gasteiger partial charge in [-0.25, -0.2) is 0 Å². The third-order valence-electron chi connectivity index (χ3n) is 2.02. The monoisotopic (exact) mass is 175 g/mol. The molecule has 0 bridgehead atoms. The zero-order valence-electron chi connectivity index (χ0n) is 6.86. The van der Waals surface area contributed by atoms with E-state index in [9.17, 15) is 5.11 Å². The van der Waals surface area contributed by atoms with Gasteiger partial charge in [0.05, 0.1) is 5.69 Å². The third-order valence-corrected chi connectivity index (χ3v) is 2.02. The highest BCUT2D eigenvalue weighted by molar-refractivity contribution is 5.97. The summed E-state index contributed by atoms with van der Waals surface area (Å²) in [5, 5.41) is 19.8. The Morgan fingerprint density at radius 1 is 0.923 bits per heavy atom. The summed E-state index contributed by atoms with van der Waals surface area (Å²) < 4.78 is 0. The number of hydrogen-bond donors (Lipinski definition) is 3. The lowest BCUT2D eigenvalue weighted by atomic mass is 10.1. The van der Waals surface area contributed by atoms with Crippen molar-refractivity contribution in [3.63, 3.8) is 0 Å². The van der Waals surface area contributed by atoms with Gasteiger partial charge in [0.25, 0.3) is 0 Å². The lowest BCUT2D eigenvalue weighted by Crippen LogP contribution is -1.89. The molecule has 0 amide bonds. The predicted molar refractivity (Wildman–Crippen MR) is 51.0 cm³/mol. The zero-order chi connectivity index (χ0) is 9.26. The first-order chi connectivity index (χ1) is 6.33. The first kappa shape index (κ1) is 7.89. The Balaban J connectivity index is 2.84. The van der Waals surface area contributed by atoms with E-state index in [-0.39, 0.29) is 5.75 Å². The van der Waals surface area contributed by atoms with Crippen molar-refractivity contribution in [3.05, 3.63) is 36.4 Å². The SMILES string of the molecule is ONc1ccc(O)c2ccccc12. The van der Waals surface area contributed by atoms with Gasteiger partial charge in [-0.1, -0.05) is 24.3 Å². The van der Waals surface area contributed by atoms with E-state index in [1.165, 1.54) is 0 Å². The average Bonchev–Trinajstić information content (AvgIpc) is 2.19. The van der Waals surface area contributed by atoms with Gasteiger partial charge in [-0.15, -0.1) is 0 Å². The lowest BCUT2D eigenvalue weighted by Gasteiger charge is -2.05. The van der Waals surface area contributed by atoms with Crippen LogP contribution in [0.25, 0.3) is 10.8 Å². The minimum absolute atomic E-state index is 0.217.